The highest BCUT2D eigenvalue weighted by atomic mass is 79.9. The van der Waals surface area contributed by atoms with E-state index in [-0.39, 0.29) is 4.90 Å². The van der Waals surface area contributed by atoms with Crippen LogP contribution in [-0.4, -0.2) is 16.5 Å². The number of hydrogen-bond donors (Lipinski definition) is 0. The molecule has 1 aromatic rings. The molecule has 0 aliphatic carbocycles. The Morgan fingerprint density at radius 3 is 2.17 bits per heavy atom. The summed E-state index contributed by atoms with van der Waals surface area (Å²) in [6, 6.07) is 6.57. The highest BCUT2D eigenvalue weighted by Gasteiger charge is 2.20. The maximum absolute atomic E-state index is 11.9. The fraction of sp³-hybridized carbons (Fsp3) is 0.333. The van der Waals surface area contributed by atoms with Gasteiger partial charge in [-0.1, -0.05) is 53.3 Å². The smallest absolute Gasteiger partial charge is 0.338 e. The third-order valence-electron chi connectivity index (χ3n) is 2.30. The summed E-state index contributed by atoms with van der Waals surface area (Å²) in [6.45, 7) is 8.18. The van der Waals surface area contributed by atoms with Gasteiger partial charge >= 0.3 is 10.1 Å². The van der Waals surface area contributed by atoms with Gasteiger partial charge in [0.05, 0.1) is 8.07 Å². The predicted octanol–water partition coefficient (Wildman–Crippen LogP) is 3.81. The molecule has 0 atom stereocenters. The lowest BCUT2D eigenvalue weighted by atomic mass is 10.2. The van der Waals surface area contributed by atoms with Gasteiger partial charge in [-0.2, -0.15) is 8.42 Å². The molecule has 0 unspecified atom stereocenters. The molecule has 0 fully saturated rings. The summed E-state index contributed by atoms with van der Waals surface area (Å²) in [5.41, 5.74) is 1.01. The summed E-state index contributed by atoms with van der Waals surface area (Å²) in [7, 11) is -5.30. The van der Waals surface area contributed by atoms with Crippen molar-refractivity contribution in [2.24, 2.45) is 0 Å². The zero-order chi connectivity index (χ0) is 14.0. The molecule has 0 aliphatic rings. The Labute approximate surface area is 118 Å². The number of hydrogen-bond acceptors (Lipinski definition) is 3. The van der Waals surface area contributed by atoms with Crippen molar-refractivity contribution >= 4 is 34.1 Å². The van der Waals surface area contributed by atoms with Crippen LogP contribution < -0.4 is 0 Å². The Hall–Kier alpha value is -0.593. The van der Waals surface area contributed by atoms with Gasteiger partial charge in [-0.25, -0.2) is 0 Å². The van der Waals surface area contributed by atoms with Crippen molar-refractivity contribution in [2.75, 3.05) is 0 Å². The summed E-state index contributed by atoms with van der Waals surface area (Å²) in [6.07, 6.45) is 1.29. The summed E-state index contributed by atoms with van der Waals surface area (Å²) in [5, 5.41) is 0. The van der Waals surface area contributed by atoms with Crippen LogP contribution in [0.3, 0.4) is 0 Å². The minimum absolute atomic E-state index is 0.167. The molecule has 0 spiro atoms. The van der Waals surface area contributed by atoms with E-state index in [1.165, 1.54) is 6.26 Å². The lowest BCUT2D eigenvalue weighted by molar-refractivity contribution is 0.443. The maximum atomic E-state index is 11.9. The van der Waals surface area contributed by atoms with Gasteiger partial charge in [0.25, 0.3) is 0 Å². The van der Waals surface area contributed by atoms with Crippen molar-refractivity contribution in [3.05, 3.63) is 40.2 Å². The molecule has 0 amide bonds. The number of aryl methyl sites for hydroxylation is 1. The van der Waals surface area contributed by atoms with Crippen LogP contribution in [0.2, 0.25) is 19.6 Å². The zero-order valence-electron chi connectivity index (χ0n) is 10.9. The highest BCUT2D eigenvalue weighted by molar-refractivity contribution is 9.12. The van der Waals surface area contributed by atoms with Crippen molar-refractivity contribution in [1.82, 2.24) is 0 Å². The molecule has 6 heteroatoms. The van der Waals surface area contributed by atoms with Crippen molar-refractivity contribution < 1.29 is 12.6 Å². The van der Waals surface area contributed by atoms with Gasteiger partial charge in [-0.3, -0.25) is 0 Å². The Kier molecular flexibility index (Phi) is 4.80. The van der Waals surface area contributed by atoms with Crippen LogP contribution in [0.15, 0.2) is 39.5 Å². The second-order valence-electron chi connectivity index (χ2n) is 5.08. The SMILES string of the molecule is Cc1ccc(S(=O)(=O)O/C=C(/Br)[Si](C)(C)C)cc1. The highest BCUT2D eigenvalue weighted by Crippen LogP contribution is 2.22. The predicted molar refractivity (Wildman–Crippen MR) is 79.8 cm³/mol. The zero-order valence-corrected chi connectivity index (χ0v) is 14.3. The van der Waals surface area contributed by atoms with Gasteiger partial charge in [0.2, 0.25) is 0 Å². The Morgan fingerprint density at radius 2 is 1.72 bits per heavy atom. The Balaban J connectivity index is 2.94. The number of halogens is 1. The number of rotatable bonds is 4. The van der Waals surface area contributed by atoms with Crippen LogP contribution >= 0.6 is 15.9 Å². The standard InChI is InChI=1S/C12H17BrO3SSi/c1-10-5-7-11(8-6-10)17(14,15)16-9-12(13)18(2,3)4/h5-9H,1-4H3/b12-9-. The first kappa shape index (κ1) is 15.5. The molecule has 1 rings (SSSR count). The normalized spacial score (nSPS) is 13.5. The fourth-order valence-corrected chi connectivity index (χ4v) is 2.56. The second kappa shape index (κ2) is 5.58. The van der Waals surface area contributed by atoms with Gasteiger partial charge in [-0.15, -0.1) is 0 Å². The average Bonchev–Trinajstić information content (AvgIpc) is 2.25. The third kappa shape index (κ3) is 4.26. The number of benzene rings is 1. The summed E-state index contributed by atoms with van der Waals surface area (Å²) < 4.78 is 29.6. The van der Waals surface area contributed by atoms with Crippen LogP contribution in [0.25, 0.3) is 0 Å². The van der Waals surface area contributed by atoms with Crippen LogP contribution in [0.5, 0.6) is 0 Å². The first-order valence-corrected chi connectivity index (χ1v) is 11.2. The van der Waals surface area contributed by atoms with Crippen molar-refractivity contribution in [1.29, 1.82) is 0 Å². The molecule has 100 valence electrons. The summed E-state index contributed by atoms with van der Waals surface area (Å²) >= 11 is 3.37. The topological polar surface area (TPSA) is 43.4 Å². The average molecular weight is 349 g/mol. The van der Waals surface area contributed by atoms with E-state index in [1.54, 1.807) is 24.3 Å². The molecule has 0 saturated carbocycles. The van der Waals surface area contributed by atoms with Gasteiger partial charge in [0.1, 0.15) is 11.2 Å². The van der Waals surface area contributed by atoms with Crippen molar-refractivity contribution in [2.45, 2.75) is 31.5 Å². The summed E-state index contributed by atoms with van der Waals surface area (Å²) in [4.78, 5) is 0.167. The van der Waals surface area contributed by atoms with Gasteiger partial charge in [0, 0.05) is 4.11 Å². The van der Waals surface area contributed by atoms with Crippen molar-refractivity contribution in [3.63, 3.8) is 0 Å². The monoisotopic (exact) mass is 348 g/mol. The first-order valence-electron chi connectivity index (χ1n) is 5.49. The van der Waals surface area contributed by atoms with E-state index >= 15 is 0 Å². The molecular weight excluding hydrogens is 332 g/mol. The van der Waals surface area contributed by atoms with Gasteiger partial charge in [-0.05, 0) is 19.1 Å². The maximum Gasteiger partial charge on any atom is 0.338 e. The van der Waals surface area contributed by atoms with Crippen molar-refractivity contribution in [3.8, 4) is 0 Å². The first-order chi connectivity index (χ1) is 8.13. The van der Waals surface area contributed by atoms with Crippen LogP contribution in [-0.2, 0) is 14.3 Å². The molecule has 1 aromatic carbocycles. The molecule has 3 nitrogen and oxygen atoms in total. The summed E-state index contributed by atoms with van der Waals surface area (Å²) in [5.74, 6) is 0. The molecule has 0 saturated heterocycles. The molecule has 0 aliphatic heterocycles. The minimum atomic E-state index is -3.72. The van der Waals surface area contributed by atoms with E-state index in [1.807, 2.05) is 6.92 Å². The quantitative estimate of drug-likeness (QED) is 0.472. The van der Waals surface area contributed by atoms with Crippen LogP contribution in [0.4, 0.5) is 0 Å². The molecule has 0 aromatic heterocycles. The van der Waals surface area contributed by atoms with Crippen LogP contribution in [0.1, 0.15) is 5.56 Å². The lowest BCUT2D eigenvalue weighted by Gasteiger charge is -2.14. The second-order valence-corrected chi connectivity index (χ2v) is 13.3. The molecule has 0 N–H and O–H groups in total. The van der Waals surface area contributed by atoms with Gasteiger partial charge < -0.3 is 4.18 Å². The lowest BCUT2D eigenvalue weighted by Crippen LogP contribution is -2.20. The fourth-order valence-electron chi connectivity index (χ4n) is 1.04. The minimum Gasteiger partial charge on any atom is -0.387 e. The van der Waals surface area contributed by atoms with Gasteiger partial charge in [0.15, 0.2) is 0 Å². The molecule has 0 radical (unpaired) electrons. The van der Waals surface area contributed by atoms with E-state index in [2.05, 4.69) is 35.6 Å². The molecular formula is C12H17BrO3SSi. The van der Waals surface area contributed by atoms with E-state index in [4.69, 9.17) is 4.18 Å². The van der Waals surface area contributed by atoms with E-state index in [0.29, 0.717) is 0 Å². The molecule has 0 heterocycles. The third-order valence-corrected chi connectivity index (χ3v) is 8.81. The molecule has 18 heavy (non-hydrogen) atoms. The Morgan fingerprint density at radius 1 is 1.22 bits per heavy atom. The molecule has 0 bridgehead atoms. The largest absolute Gasteiger partial charge is 0.387 e. The van der Waals surface area contributed by atoms with Crippen LogP contribution in [0, 0.1) is 6.92 Å². The van der Waals surface area contributed by atoms with E-state index < -0.39 is 18.2 Å². The van der Waals surface area contributed by atoms with E-state index in [9.17, 15) is 8.42 Å². The van der Waals surface area contributed by atoms with E-state index in [0.717, 1.165) is 9.67 Å². The Bertz CT molecular complexity index is 542.